The van der Waals surface area contributed by atoms with Crippen molar-refractivity contribution in [1.82, 2.24) is 0 Å². The van der Waals surface area contributed by atoms with E-state index in [0.717, 1.165) is 10.4 Å². The highest BCUT2D eigenvalue weighted by molar-refractivity contribution is 7.11. The number of benzene rings is 1. The number of aryl methyl sites for hydroxylation is 1. The van der Waals surface area contributed by atoms with Crippen LogP contribution in [-0.4, -0.2) is 18.2 Å². The molecule has 0 unspecified atom stereocenters. The Balaban J connectivity index is 2.49. The first-order valence-electron chi connectivity index (χ1n) is 5.86. The summed E-state index contributed by atoms with van der Waals surface area (Å²) in [6.45, 7) is 1.95. The summed E-state index contributed by atoms with van der Waals surface area (Å²) in [6, 6.07) is 6.91. The van der Waals surface area contributed by atoms with Crippen molar-refractivity contribution < 1.29 is 14.6 Å². The Kier molecular flexibility index (Phi) is 4.47. The van der Waals surface area contributed by atoms with Crippen molar-refractivity contribution in [2.45, 2.75) is 6.92 Å². The van der Waals surface area contributed by atoms with Gasteiger partial charge in [0, 0.05) is 4.88 Å². The third-order valence-corrected chi connectivity index (χ3v) is 4.13. The molecule has 104 valence electrons. The van der Waals surface area contributed by atoms with Crippen molar-refractivity contribution in [3.05, 3.63) is 50.7 Å². The minimum atomic E-state index is -0.987. The van der Waals surface area contributed by atoms with Gasteiger partial charge in [-0.2, -0.15) is 0 Å². The predicted octanol–water partition coefficient (Wildman–Crippen LogP) is 4.34. The van der Waals surface area contributed by atoms with Gasteiger partial charge in [0.1, 0.15) is 5.75 Å². The van der Waals surface area contributed by atoms with Gasteiger partial charge in [0.15, 0.2) is 0 Å². The number of hydrogen-bond acceptors (Lipinski definition) is 3. The maximum absolute atomic E-state index is 11.5. The van der Waals surface area contributed by atoms with Crippen molar-refractivity contribution in [1.29, 1.82) is 0 Å². The van der Waals surface area contributed by atoms with Crippen LogP contribution in [0.5, 0.6) is 5.75 Å². The number of rotatable bonds is 4. The molecule has 2 rings (SSSR count). The van der Waals surface area contributed by atoms with E-state index in [2.05, 4.69) is 0 Å². The highest BCUT2D eigenvalue weighted by Crippen LogP contribution is 2.30. The van der Waals surface area contributed by atoms with Gasteiger partial charge in [0.05, 0.1) is 17.7 Å². The molecule has 0 saturated heterocycles. The molecule has 0 aliphatic rings. The lowest BCUT2D eigenvalue weighted by molar-refractivity contribution is -0.130. The van der Waals surface area contributed by atoms with Gasteiger partial charge in [-0.05, 0) is 47.7 Å². The molecule has 1 N–H and O–H groups in total. The molecule has 1 aromatic heterocycles. The molecule has 0 bridgehead atoms. The summed E-state index contributed by atoms with van der Waals surface area (Å²) < 4.78 is 5.07. The Hall–Kier alpha value is -1.78. The topological polar surface area (TPSA) is 46.5 Å². The highest BCUT2D eigenvalue weighted by atomic mass is 35.5. The van der Waals surface area contributed by atoms with E-state index in [1.165, 1.54) is 18.4 Å². The Morgan fingerprint density at radius 3 is 2.65 bits per heavy atom. The number of carbonyl (C=O) groups is 1. The van der Waals surface area contributed by atoms with Crippen molar-refractivity contribution in [3.8, 4) is 5.75 Å². The van der Waals surface area contributed by atoms with Crippen LogP contribution in [0.1, 0.15) is 16.0 Å². The van der Waals surface area contributed by atoms with Gasteiger partial charge < -0.3 is 9.84 Å². The summed E-state index contributed by atoms with van der Waals surface area (Å²) in [4.78, 5) is 12.4. The molecule has 3 nitrogen and oxygen atoms in total. The molecular weight excluding hydrogens is 296 g/mol. The van der Waals surface area contributed by atoms with Crippen LogP contribution in [0.2, 0.25) is 5.02 Å². The number of hydrogen-bond donors (Lipinski definition) is 1. The minimum absolute atomic E-state index is 0.208. The van der Waals surface area contributed by atoms with Crippen molar-refractivity contribution >= 4 is 40.6 Å². The second kappa shape index (κ2) is 6.11. The fourth-order valence-electron chi connectivity index (χ4n) is 1.77. The first-order valence-corrected chi connectivity index (χ1v) is 7.11. The van der Waals surface area contributed by atoms with Crippen molar-refractivity contribution in [3.63, 3.8) is 0 Å². The number of carboxylic acids is 1. The lowest BCUT2D eigenvalue weighted by Crippen LogP contribution is -2.00. The van der Waals surface area contributed by atoms with Crippen LogP contribution >= 0.6 is 22.9 Å². The zero-order valence-electron chi connectivity index (χ0n) is 11.0. The smallest absolute Gasteiger partial charge is 0.336 e. The molecule has 0 atom stereocenters. The van der Waals surface area contributed by atoms with Crippen LogP contribution in [0.3, 0.4) is 0 Å². The summed E-state index contributed by atoms with van der Waals surface area (Å²) in [6.07, 6.45) is 1.67. The van der Waals surface area contributed by atoms with Gasteiger partial charge in [0.25, 0.3) is 0 Å². The minimum Gasteiger partial charge on any atom is -0.495 e. The molecule has 20 heavy (non-hydrogen) atoms. The maximum Gasteiger partial charge on any atom is 0.336 e. The molecule has 1 heterocycles. The van der Waals surface area contributed by atoms with E-state index in [0.29, 0.717) is 16.3 Å². The number of aliphatic carboxylic acids is 1. The van der Waals surface area contributed by atoms with Crippen LogP contribution in [0.25, 0.3) is 11.6 Å². The second-order valence-corrected chi connectivity index (χ2v) is 5.54. The van der Waals surface area contributed by atoms with E-state index in [1.54, 1.807) is 24.3 Å². The number of ether oxygens (including phenoxy) is 1. The Labute approximate surface area is 126 Å². The molecule has 2 aromatic rings. The van der Waals surface area contributed by atoms with E-state index in [9.17, 15) is 9.90 Å². The van der Waals surface area contributed by atoms with Gasteiger partial charge in [-0.3, -0.25) is 0 Å². The van der Waals surface area contributed by atoms with Crippen LogP contribution in [0.4, 0.5) is 0 Å². The van der Waals surface area contributed by atoms with E-state index >= 15 is 0 Å². The highest BCUT2D eigenvalue weighted by Gasteiger charge is 2.13. The number of carboxylic acid groups (broad SMARTS) is 1. The maximum atomic E-state index is 11.5. The molecule has 0 fully saturated rings. The summed E-state index contributed by atoms with van der Waals surface area (Å²) >= 11 is 7.55. The quantitative estimate of drug-likeness (QED) is 0.854. The van der Waals surface area contributed by atoms with Gasteiger partial charge in [0.2, 0.25) is 0 Å². The molecular formula is C15H13ClO3S. The lowest BCUT2D eigenvalue weighted by Gasteiger charge is -2.07. The fraction of sp³-hybridized carbons (Fsp3) is 0.133. The third-order valence-electron chi connectivity index (χ3n) is 2.87. The Bertz CT molecular complexity index is 674. The number of thiophene rings is 1. The molecule has 0 radical (unpaired) electrons. The van der Waals surface area contributed by atoms with Crippen LogP contribution in [0.15, 0.2) is 29.6 Å². The average Bonchev–Trinajstić information content (AvgIpc) is 2.81. The summed E-state index contributed by atoms with van der Waals surface area (Å²) in [7, 11) is 1.52. The standard InChI is InChI=1S/C15H13ClO3S/c1-9-5-6-20-14(9)8-11(15(17)18)10-3-4-13(19-2)12(16)7-10/h3-8H,1-2H3,(H,17,18)/b11-8-. The van der Waals surface area contributed by atoms with E-state index < -0.39 is 5.97 Å². The number of methoxy groups -OCH3 is 1. The first-order chi connectivity index (χ1) is 9.52. The average molecular weight is 309 g/mol. The summed E-state index contributed by atoms with van der Waals surface area (Å²) in [5, 5.41) is 11.7. The van der Waals surface area contributed by atoms with E-state index in [1.807, 2.05) is 18.4 Å². The molecule has 0 saturated carbocycles. The summed E-state index contributed by atoms with van der Waals surface area (Å²) in [5.41, 5.74) is 1.81. The SMILES string of the molecule is COc1ccc(/C(=C/c2sccc2C)C(=O)O)cc1Cl. The molecule has 0 aliphatic heterocycles. The van der Waals surface area contributed by atoms with Crippen LogP contribution < -0.4 is 4.74 Å². The van der Waals surface area contributed by atoms with Gasteiger partial charge in [-0.25, -0.2) is 4.79 Å². The van der Waals surface area contributed by atoms with Gasteiger partial charge in [-0.15, -0.1) is 11.3 Å². The zero-order chi connectivity index (χ0) is 14.7. The summed E-state index contributed by atoms with van der Waals surface area (Å²) in [5.74, 6) is -0.466. The third kappa shape index (κ3) is 3.03. The van der Waals surface area contributed by atoms with Crippen molar-refractivity contribution in [2.75, 3.05) is 7.11 Å². The molecule has 0 aliphatic carbocycles. The fourth-order valence-corrected chi connectivity index (χ4v) is 2.88. The van der Waals surface area contributed by atoms with Crippen LogP contribution in [0, 0.1) is 6.92 Å². The molecule has 1 aromatic carbocycles. The molecule has 5 heteroatoms. The Morgan fingerprint density at radius 2 is 2.15 bits per heavy atom. The largest absolute Gasteiger partial charge is 0.495 e. The van der Waals surface area contributed by atoms with Gasteiger partial charge >= 0.3 is 5.97 Å². The molecule has 0 spiro atoms. The Morgan fingerprint density at radius 1 is 1.40 bits per heavy atom. The number of halogens is 1. The van der Waals surface area contributed by atoms with E-state index in [4.69, 9.17) is 16.3 Å². The van der Waals surface area contributed by atoms with Crippen LogP contribution in [-0.2, 0) is 4.79 Å². The normalized spacial score (nSPS) is 11.4. The first kappa shape index (κ1) is 14.6. The van der Waals surface area contributed by atoms with Crippen molar-refractivity contribution in [2.24, 2.45) is 0 Å². The second-order valence-electron chi connectivity index (χ2n) is 4.18. The molecule has 0 amide bonds. The predicted molar refractivity (Wildman–Crippen MR) is 82.6 cm³/mol. The monoisotopic (exact) mass is 308 g/mol. The van der Waals surface area contributed by atoms with Gasteiger partial charge in [-0.1, -0.05) is 17.7 Å². The zero-order valence-corrected chi connectivity index (χ0v) is 12.6. The lowest BCUT2D eigenvalue weighted by atomic mass is 10.0. The van der Waals surface area contributed by atoms with E-state index in [-0.39, 0.29) is 5.57 Å².